The average molecular weight is 453 g/mol. The molecule has 1 amide bonds. The Hall–Kier alpha value is -2.48. The summed E-state index contributed by atoms with van der Waals surface area (Å²) in [6.45, 7) is 2.55. The number of methoxy groups -OCH3 is 1. The topological polar surface area (TPSA) is 83.2 Å². The first-order valence-electron chi connectivity index (χ1n) is 9.18. The number of carbonyl (C=O) groups is 2. The molecule has 1 fully saturated rings. The highest BCUT2D eigenvalue weighted by Gasteiger charge is 2.47. The zero-order valence-electron chi connectivity index (χ0n) is 17.0. The van der Waals surface area contributed by atoms with Crippen molar-refractivity contribution in [2.45, 2.75) is 13.0 Å². The number of rotatable bonds is 6. The van der Waals surface area contributed by atoms with E-state index in [9.17, 15) is 14.7 Å². The van der Waals surface area contributed by atoms with Crippen LogP contribution in [0.3, 0.4) is 0 Å². The number of furan rings is 1. The number of aliphatic hydroxyl groups is 1. The monoisotopic (exact) mass is 452 g/mol. The normalized spacial score (nSPS) is 18.5. The Balaban J connectivity index is 2.22. The first kappa shape index (κ1) is 22.2. The number of carbonyl (C=O) groups excluding carboxylic acids is 2. The van der Waals surface area contributed by atoms with E-state index in [0.29, 0.717) is 18.1 Å². The van der Waals surface area contributed by atoms with E-state index in [2.05, 4.69) is 0 Å². The molecule has 1 unspecified atom stereocenters. The summed E-state index contributed by atoms with van der Waals surface area (Å²) in [6.07, 6.45) is 0. The summed E-state index contributed by atoms with van der Waals surface area (Å²) in [5, 5.41) is 11.5. The summed E-state index contributed by atoms with van der Waals surface area (Å²) in [6, 6.07) is 5.42. The molecule has 0 bridgehead atoms. The van der Waals surface area contributed by atoms with Crippen LogP contribution in [0.2, 0.25) is 10.0 Å². The molecule has 2 aromatic rings. The van der Waals surface area contributed by atoms with Crippen molar-refractivity contribution in [1.82, 2.24) is 9.80 Å². The minimum absolute atomic E-state index is 0.107. The number of benzene rings is 1. The maximum Gasteiger partial charge on any atom is 0.295 e. The lowest BCUT2D eigenvalue weighted by atomic mass is 9.98. The van der Waals surface area contributed by atoms with Crippen LogP contribution in [0.15, 0.2) is 34.3 Å². The number of ether oxygens (including phenoxy) is 1. The number of Topliss-reactive ketones (excluding diaryl/α,β-unsaturated/α-hetero) is 1. The molecule has 0 aliphatic carbocycles. The second-order valence-electron chi connectivity index (χ2n) is 7.21. The smallest absolute Gasteiger partial charge is 0.295 e. The van der Waals surface area contributed by atoms with Gasteiger partial charge in [0.1, 0.15) is 29.1 Å². The summed E-state index contributed by atoms with van der Waals surface area (Å²) in [4.78, 5) is 29.1. The summed E-state index contributed by atoms with van der Waals surface area (Å²) in [5.74, 6) is -0.827. The van der Waals surface area contributed by atoms with Crippen LogP contribution in [-0.4, -0.2) is 60.9 Å². The maximum absolute atomic E-state index is 13.0. The van der Waals surface area contributed by atoms with E-state index >= 15 is 0 Å². The molecule has 1 aliphatic heterocycles. The van der Waals surface area contributed by atoms with E-state index < -0.39 is 23.5 Å². The fourth-order valence-corrected chi connectivity index (χ4v) is 3.97. The molecule has 1 aromatic carbocycles. The number of likely N-dealkylation sites (tertiary alicyclic amines) is 1. The van der Waals surface area contributed by atoms with Gasteiger partial charge >= 0.3 is 0 Å². The largest absolute Gasteiger partial charge is 0.507 e. The Kier molecular flexibility index (Phi) is 6.45. The highest BCUT2D eigenvalue weighted by atomic mass is 35.5. The van der Waals surface area contributed by atoms with Crippen molar-refractivity contribution in [1.29, 1.82) is 0 Å². The van der Waals surface area contributed by atoms with Crippen LogP contribution in [-0.2, 0) is 9.59 Å². The number of nitrogens with zero attached hydrogens (tertiary/aromatic N) is 2. The lowest BCUT2D eigenvalue weighted by Crippen LogP contribution is -2.35. The van der Waals surface area contributed by atoms with Crippen LogP contribution in [0.5, 0.6) is 5.75 Å². The highest BCUT2D eigenvalue weighted by Crippen LogP contribution is 2.43. The molecule has 1 atom stereocenters. The van der Waals surface area contributed by atoms with Crippen molar-refractivity contribution in [2.24, 2.45) is 0 Å². The van der Waals surface area contributed by atoms with Gasteiger partial charge in [0, 0.05) is 18.1 Å². The molecule has 1 aliphatic rings. The zero-order chi connectivity index (χ0) is 22.2. The van der Waals surface area contributed by atoms with Gasteiger partial charge < -0.3 is 24.1 Å². The van der Waals surface area contributed by atoms with E-state index in [4.69, 9.17) is 32.4 Å². The van der Waals surface area contributed by atoms with Crippen LogP contribution >= 0.6 is 23.2 Å². The van der Waals surface area contributed by atoms with E-state index in [0.717, 1.165) is 0 Å². The van der Waals surface area contributed by atoms with Gasteiger partial charge in [0.25, 0.3) is 11.7 Å². The molecule has 9 heteroatoms. The maximum atomic E-state index is 13.0. The number of hydrogen-bond acceptors (Lipinski definition) is 6. The Labute approximate surface area is 184 Å². The SMILES string of the molecule is COc1c(Cl)cc(Cl)cc1/C(O)=C1\C(=O)C(=O)N(CCN(C)C)C1c1ccc(C)o1. The Morgan fingerprint density at radius 1 is 1.27 bits per heavy atom. The third kappa shape index (κ3) is 4.05. The Bertz CT molecular complexity index is 1030. The Morgan fingerprint density at radius 3 is 2.53 bits per heavy atom. The third-order valence-electron chi connectivity index (χ3n) is 4.83. The van der Waals surface area contributed by atoms with Crippen molar-refractivity contribution in [3.8, 4) is 5.75 Å². The lowest BCUT2D eigenvalue weighted by Gasteiger charge is -2.25. The fraction of sp³-hybridized carbons (Fsp3) is 0.333. The summed E-state index contributed by atoms with van der Waals surface area (Å²) < 4.78 is 11.0. The van der Waals surface area contributed by atoms with E-state index in [1.165, 1.54) is 24.1 Å². The van der Waals surface area contributed by atoms with Gasteiger partial charge in [-0.1, -0.05) is 23.2 Å². The van der Waals surface area contributed by atoms with Crippen molar-refractivity contribution < 1.29 is 23.8 Å². The molecule has 30 heavy (non-hydrogen) atoms. The predicted molar refractivity (Wildman–Crippen MR) is 114 cm³/mol. The quantitative estimate of drug-likeness (QED) is 0.406. The molecule has 1 saturated heterocycles. The van der Waals surface area contributed by atoms with Gasteiger partial charge in [0.15, 0.2) is 0 Å². The fourth-order valence-electron chi connectivity index (χ4n) is 3.40. The van der Waals surface area contributed by atoms with Gasteiger partial charge in [-0.05, 0) is 45.3 Å². The second-order valence-corrected chi connectivity index (χ2v) is 8.06. The molecule has 1 N–H and O–H groups in total. The minimum Gasteiger partial charge on any atom is -0.507 e. The second kappa shape index (κ2) is 8.71. The van der Waals surface area contributed by atoms with Gasteiger partial charge in [-0.3, -0.25) is 9.59 Å². The average Bonchev–Trinajstić information content (AvgIpc) is 3.20. The van der Waals surface area contributed by atoms with Crippen molar-refractivity contribution >= 4 is 40.7 Å². The first-order chi connectivity index (χ1) is 14.1. The molecular formula is C21H22Cl2N2O5. The van der Waals surface area contributed by atoms with E-state index in [1.807, 2.05) is 19.0 Å². The first-order valence-corrected chi connectivity index (χ1v) is 9.94. The van der Waals surface area contributed by atoms with Crippen molar-refractivity contribution in [2.75, 3.05) is 34.3 Å². The lowest BCUT2D eigenvalue weighted by molar-refractivity contribution is -0.140. The number of aliphatic hydroxyl groups excluding tert-OH is 1. The molecule has 2 heterocycles. The number of aryl methyl sites for hydroxylation is 1. The summed E-state index contributed by atoms with van der Waals surface area (Å²) >= 11 is 12.3. The number of amides is 1. The molecule has 1 aromatic heterocycles. The molecule has 160 valence electrons. The summed E-state index contributed by atoms with van der Waals surface area (Å²) in [7, 11) is 5.11. The molecule has 0 radical (unpaired) electrons. The molecule has 7 nitrogen and oxygen atoms in total. The molecular weight excluding hydrogens is 431 g/mol. The van der Waals surface area contributed by atoms with E-state index in [-0.39, 0.29) is 33.5 Å². The minimum atomic E-state index is -0.888. The standard InChI is InChI=1S/C21H22Cl2N2O5/c1-11-5-6-15(30-11)17-16(19(27)21(28)25(17)8-7-24(2)3)18(26)13-9-12(22)10-14(23)20(13)29-4/h5-6,9-10,17,26H,7-8H2,1-4H3/b18-16+. The predicted octanol–water partition coefficient (Wildman–Crippen LogP) is 3.89. The van der Waals surface area contributed by atoms with Gasteiger partial charge in [-0.2, -0.15) is 0 Å². The van der Waals surface area contributed by atoms with E-state index in [1.54, 1.807) is 19.1 Å². The highest BCUT2D eigenvalue weighted by molar-refractivity contribution is 6.46. The number of halogens is 2. The van der Waals surface area contributed by atoms with Crippen molar-refractivity contribution in [3.63, 3.8) is 0 Å². The van der Waals surface area contributed by atoms with Gasteiger partial charge in [0.2, 0.25) is 0 Å². The van der Waals surface area contributed by atoms with Crippen LogP contribution in [0.4, 0.5) is 0 Å². The van der Waals surface area contributed by atoms with Crippen LogP contribution in [0.25, 0.3) is 5.76 Å². The molecule has 3 rings (SSSR count). The van der Waals surface area contributed by atoms with Crippen LogP contribution < -0.4 is 4.74 Å². The van der Waals surface area contributed by atoms with Crippen molar-refractivity contribution in [3.05, 3.63) is 57.0 Å². The number of likely N-dealkylation sites (N-methyl/N-ethyl adjacent to an activating group) is 1. The molecule has 0 spiro atoms. The van der Waals surface area contributed by atoms with Gasteiger partial charge in [-0.25, -0.2) is 0 Å². The number of ketones is 1. The number of hydrogen-bond donors (Lipinski definition) is 1. The van der Waals surface area contributed by atoms with Gasteiger partial charge in [0.05, 0.1) is 23.3 Å². The summed E-state index contributed by atoms with van der Waals surface area (Å²) in [5.41, 5.74) is 0.0126. The van der Waals surface area contributed by atoms with Crippen LogP contribution in [0.1, 0.15) is 23.1 Å². The zero-order valence-corrected chi connectivity index (χ0v) is 18.5. The molecule has 0 saturated carbocycles. The Morgan fingerprint density at radius 2 is 1.97 bits per heavy atom. The van der Waals surface area contributed by atoms with Crippen LogP contribution in [0, 0.1) is 6.92 Å². The third-order valence-corrected chi connectivity index (χ3v) is 5.33. The van der Waals surface area contributed by atoms with Gasteiger partial charge in [-0.15, -0.1) is 0 Å².